The zero-order valence-corrected chi connectivity index (χ0v) is 14.1. The maximum atomic E-state index is 6.29. The van der Waals surface area contributed by atoms with E-state index >= 15 is 0 Å². The Morgan fingerprint density at radius 1 is 0.792 bits per heavy atom. The van der Waals surface area contributed by atoms with E-state index in [1.807, 2.05) is 30.5 Å². The highest BCUT2D eigenvalue weighted by molar-refractivity contribution is 5.95. The van der Waals surface area contributed by atoms with Crippen molar-refractivity contribution in [3.63, 3.8) is 0 Å². The normalized spacial score (nSPS) is 11.1. The number of pyridine rings is 1. The summed E-state index contributed by atoms with van der Waals surface area (Å²) in [6.07, 6.45) is 1.87. The summed E-state index contributed by atoms with van der Waals surface area (Å²) in [5, 5.41) is 1.12. The first-order valence-corrected chi connectivity index (χ1v) is 8.15. The molecule has 0 N–H and O–H groups in total. The quantitative estimate of drug-likeness (QED) is 0.448. The third-order valence-corrected chi connectivity index (χ3v) is 4.38. The van der Waals surface area contributed by atoms with Gasteiger partial charge in [-0.2, -0.15) is 0 Å². The van der Waals surface area contributed by atoms with Crippen molar-refractivity contribution in [3.8, 4) is 22.6 Å². The second-order valence-corrected chi connectivity index (χ2v) is 6.33. The summed E-state index contributed by atoms with van der Waals surface area (Å²) < 4.78 is 6.29. The number of fused-ring (bicyclic) bond motifs is 1. The Bertz CT molecular complexity index is 1010. The first-order valence-electron chi connectivity index (χ1n) is 8.15. The minimum absolute atomic E-state index is 0.860. The molecule has 4 rings (SSSR count). The van der Waals surface area contributed by atoms with Crippen LogP contribution in [0, 0.1) is 20.8 Å². The van der Waals surface area contributed by atoms with Gasteiger partial charge in [0.15, 0.2) is 5.58 Å². The van der Waals surface area contributed by atoms with Gasteiger partial charge in [-0.25, -0.2) is 0 Å². The van der Waals surface area contributed by atoms with Gasteiger partial charge in [0, 0.05) is 28.3 Å². The molecule has 2 aromatic heterocycles. The third kappa shape index (κ3) is 2.41. The van der Waals surface area contributed by atoms with Gasteiger partial charge in [0.05, 0.1) is 0 Å². The molecule has 2 nitrogen and oxygen atoms in total. The fourth-order valence-corrected chi connectivity index (χ4v) is 3.33. The fourth-order valence-electron chi connectivity index (χ4n) is 3.33. The average molecular weight is 313 g/mol. The zero-order chi connectivity index (χ0) is 16.7. The van der Waals surface area contributed by atoms with Crippen LogP contribution in [0.2, 0.25) is 0 Å². The van der Waals surface area contributed by atoms with Crippen LogP contribution in [-0.4, -0.2) is 4.98 Å². The van der Waals surface area contributed by atoms with Crippen molar-refractivity contribution in [1.82, 2.24) is 4.98 Å². The lowest BCUT2D eigenvalue weighted by atomic mass is 10.0. The topological polar surface area (TPSA) is 26.0 Å². The van der Waals surface area contributed by atoms with E-state index < -0.39 is 0 Å². The molecule has 0 saturated heterocycles. The highest BCUT2D eigenvalue weighted by atomic mass is 16.3. The van der Waals surface area contributed by atoms with Crippen LogP contribution in [0.1, 0.15) is 16.7 Å². The van der Waals surface area contributed by atoms with Gasteiger partial charge in [-0.15, -0.1) is 0 Å². The Kier molecular flexibility index (Phi) is 3.46. The molecule has 0 radical (unpaired) electrons. The van der Waals surface area contributed by atoms with E-state index in [1.165, 1.54) is 11.1 Å². The van der Waals surface area contributed by atoms with Crippen LogP contribution < -0.4 is 0 Å². The molecule has 0 saturated carbocycles. The first kappa shape index (κ1) is 14.7. The number of furan rings is 1. The second-order valence-electron chi connectivity index (χ2n) is 6.33. The fraction of sp³-hybridized carbons (Fsp3) is 0.136. The van der Waals surface area contributed by atoms with Gasteiger partial charge in [0.25, 0.3) is 0 Å². The Balaban J connectivity index is 1.98. The molecule has 0 aliphatic carbocycles. The van der Waals surface area contributed by atoms with Gasteiger partial charge in [0.1, 0.15) is 11.5 Å². The van der Waals surface area contributed by atoms with Gasteiger partial charge in [0.2, 0.25) is 0 Å². The predicted molar refractivity (Wildman–Crippen MR) is 99.1 cm³/mol. The summed E-state index contributed by atoms with van der Waals surface area (Å²) in [5.41, 5.74) is 7.59. The van der Waals surface area contributed by atoms with E-state index in [9.17, 15) is 0 Å². The summed E-state index contributed by atoms with van der Waals surface area (Å²) in [5.74, 6) is 0.921. The predicted octanol–water partition coefficient (Wildman–Crippen LogP) is 6.09. The standard InChI is InChI=1S/C22H19NO/c1-14-11-15(2)13-18(12-14)20-22-19(9-10-23-20)16(3)21(24-22)17-7-5-4-6-8-17/h4-13H,1-3H3. The molecule has 0 unspecified atom stereocenters. The van der Waals surface area contributed by atoms with Crippen molar-refractivity contribution in [1.29, 1.82) is 0 Å². The molecular weight excluding hydrogens is 294 g/mol. The number of nitrogens with zero attached hydrogens (tertiary/aromatic N) is 1. The second kappa shape index (κ2) is 5.64. The molecule has 0 atom stereocenters. The molecule has 24 heavy (non-hydrogen) atoms. The molecule has 2 aromatic carbocycles. The monoisotopic (exact) mass is 313 g/mol. The molecular formula is C22H19NO. The van der Waals surface area contributed by atoms with Gasteiger partial charge in [-0.05, 0) is 39.0 Å². The molecule has 0 bridgehead atoms. The molecule has 2 heterocycles. The van der Waals surface area contributed by atoms with E-state index in [0.717, 1.165) is 39.1 Å². The van der Waals surface area contributed by atoms with Crippen molar-refractivity contribution in [2.75, 3.05) is 0 Å². The molecule has 4 aromatic rings. The largest absolute Gasteiger partial charge is 0.453 e. The Hall–Kier alpha value is -2.87. The molecule has 0 aliphatic heterocycles. The molecule has 2 heteroatoms. The van der Waals surface area contributed by atoms with Gasteiger partial charge in [-0.1, -0.05) is 47.5 Å². The zero-order valence-electron chi connectivity index (χ0n) is 14.1. The number of rotatable bonds is 2. The average Bonchev–Trinajstić information content (AvgIpc) is 2.92. The molecule has 0 amide bonds. The summed E-state index contributed by atoms with van der Waals surface area (Å²) in [6, 6.07) is 18.8. The third-order valence-electron chi connectivity index (χ3n) is 4.38. The highest BCUT2D eigenvalue weighted by Crippen LogP contribution is 2.37. The Morgan fingerprint density at radius 3 is 2.21 bits per heavy atom. The van der Waals surface area contributed by atoms with Gasteiger partial charge in [-0.3, -0.25) is 4.98 Å². The van der Waals surface area contributed by atoms with Crippen LogP contribution >= 0.6 is 0 Å². The van der Waals surface area contributed by atoms with E-state index in [2.05, 4.69) is 56.1 Å². The van der Waals surface area contributed by atoms with E-state index in [4.69, 9.17) is 4.42 Å². The summed E-state index contributed by atoms with van der Waals surface area (Å²) in [6.45, 7) is 6.33. The Morgan fingerprint density at radius 2 is 1.50 bits per heavy atom. The minimum Gasteiger partial charge on any atom is -0.453 e. The summed E-state index contributed by atoms with van der Waals surface area (Å²) in [7, 11) is 0. The number of aromatic nitrogens is 1. The lowest BCUT2D eigenvalue weighted by Gasteiger charge is -2.05. The minimum atomic E-state index is 0.860. The number of hydrogen-bond donors (Lipinski definition) is 0. The van der Waals surface area contributed by atoms with Crippen LogP contribution in [0.3, 0.4) is 0 Å². The number of hydrogen-bond acceptors (Lipinski definition) is 2. The van der Waals surface area contributed by atoms with Crippen LogP contribution in [0.4, 0.5) is 0 Å². The Labute approximate surface area is 141 Å². The van der Waals surface area contributed by atoms with Crippen molar-refractivity contribution in [2.45, 2.75) is 20.8 Å². The number of aryl methyl sites for hydroxylation is 3. The lowest BCUT2D eigenvalue weighted by Crippen LogP contribution is -1.87. The molecule has 0 fully saturated rings. The molecule has 0 aliphatic rings. The smallest absolute Gasteiger partial charge is 0.161 e. The van der Waals surface area contributed by atoms with E-state index in [1.54, 1.807) is 0 Å². The van der Waals surface area contributed by atoms with Gasteiger partial charge >= 0.3 is 0 Å². The van der Waals surface area contributed by atoms with Crippen molar-refractivity contribution < 1.29 is 4.42 Å². The summed E-state index contributed by atoms with van der Waals surface area (Å²) in [4.78, 5) is 4.61. The van der Waals surface area contributed by atoms with Crippen LogP contribution in [0.5, 0.6) is 0 Å². The van der Waals surface area contributed by atoms with Crippen molar-refractivity contribution in [3.05, 3.63) is 77.5 Å². The van der Waals surface area contributed by atoms with Gasteiger partial charge < -0.3 is 4.42 Å². The van der Waals surface area contributed by atoms with Crippen LogP contribution in [0.15, 0.2) is 65.2 Å². The maximum absolute atomic E-state index is 6.29. The lowest BCUT2D eigenvalue weighted by molar-refractivity contribution is 0.628. The van der Waals surface area contributed by atoms with Crippen molar-refractivity contribution >= 4 is 11.0 Å². The highest BCUT2D eigenvalue weighted by Gasteiger charge is 2.16. The molecule has 118 valence electrons. The summed E-state index contributed by atoms with van der Waals surface area (Å²) >= 11 is 0. The van der Waals surface area contributed by atoms with E-state index in [0.29, 0.717) is 0 Å². The van der Waals surface area contributed by atoms with E-state index in [-0.39, 0.29) is 0 Å². The maximum Gasteiger partial charge on any atom is 0.161 e. The molecule has 0 spiro atoms. The van der Waals surface area contributed by atoms with Crippen LogP contribution in [0.25, 0.3) is 33.6 Å². The van der Waals surface area contributed by atoms with Crippen LogP contribution in [-0.2, 0) is 0 Å². The number of benzene rings is 2. The van der Waals surface area contributed by atoms with Crippen molar-refractivity contribution in [2.24, 2.45) is 0 Å². The SMILES string of the molecule is Cc1cc(C)cc(-c2nccc3c(C)c(-c4ccccc4)oc23)c1. The first-order chi connectivity index (χ1) is 11.6.